The van der Waals surface area contributed by atoms with Gasteiger partial charge in [0.15, 0.2) is 27.8 Å². The van der Waals surface area contributed by atoms with Crippen LogP contribution in [0.25, 0.3) is 6.08 Å². The van der Waals surface area contributed by atoms with E-state index in [1.807, 2.05) is 42.5 Å². The predicted molar refractivity (Wildman–Crippen MR) is 171 cm³/mol. The molecule has 0 radical (unpaired) electrons. The average Bonchev–Trinajstić information content (AvgIpc) is 3.63. The van der Waals surface area contributed by atoms with Crippen LogP contribution in [0.2, 0.25) is 0 Å². The fourth-order valence-corrected chi connectivity index (χ4v) is 6.76. The van der Waals surface area contributed by atoms with Gasteiger partial charge in [-0.2, -0.15) is 0 Å². The van der Waals surface area contributed by atoms with Gasteiger partial charge in [-0.15, -0.1) is 0 Å². The van der Waals surface area contributed by atoms with E-state index in [0.29, 0.717) is 54.7 Å². The number of methoxy groups -OCH3 is 2. The van der Waals surface area contributed by atoms with Crippen LogP contribution in [0.15, 0.2) is 80.1 Å². The number of ether oxygens (including phenoxy) is 6. The molecule has 0 unspecified atom stereocenters. The van der Waals surface area contributed by atoms with E-state index in [-0.39, 0.29) is 24.5 Å². The molecule has 0 aliphatic carbocycles. The van der Waals surface area contributed by atoms with Crippen LogP contribution in [0.3, 0.4) is 0 Å². The number of benzene rings is 3. The van der Waals surface area contributed by atoms with E-state index in [0.717, 1.165) is 16.9 Å². The van der Waals surface area contributed by atoms with Gasteiger partial charge in [0.2, 0.25) is 6.79 Å². The van der Waals surface area contributed by atoms with Crippen LogP contribution < -0.4 is 38.6 Å². The Morgan fingerprint density at radius 2 is 1.80 bits per heavy atom. The summed E-state index contributed by atoms with van der Waals surface area (Å²) < 4.78 is 35.8. The number of aromatic nitrogens is 1. The maximum absolute atomic E-state index is 14.0. The van der Waals surface area contributed by atoms with E-state index in [9.17, 15) is 9.59 Å². The molecule has 0 N–H and O–H groups in total. The van der Waals surface area contributed by atoms with Crippen LogP contribution >= 0.6 is 27.3 Å². The van der Waals surface area contributed by atoms with Gasteiger partial charge in [0.05, 0.1) is 42.7 Å². The Kier molecular flexibility index (Phi) is 8.68. The van der Waals surface area contributed by atoms with Crippen molar-refractivity contribution in [2.75, 3.05) is 27.6 Å². The quantitative estimate of drug-likeness (QED) is 0.229. The lowest BCUT2D eigenvalue weighted by molar-refractivity contribution is -0.139. The minimum atomic E-state index is -0.816. The number of thiazole rings is 1. The molecule has 1 atom stereocenters. The first-order valence-corrected chi connectivity index (χ1v) is 15.6. The summed E-state index contributed by atoms with van der Waals surface area (Å²) in [7, 11) is 3.07. The smallest absolute Gasteiger partial charge is 0.338 e. The van der Waals surface area contributed by atoms with Crippen LogP contribution in [0.5, 0.6) is 28.7 Å². The summed E-state index contributed by atoms with van der Waals surface area (Å²) in [5.74, 6) is 2.52. The molecular weight excluding hydrogens is 664 g/mol. The third-order valence-electron chi connectivity index (χ3n) is 7.33. The van der Waals surface area contributed by atoms with Gasteiger partial charge in [0.1, 0.15) is 12.4 Å². The van der Waals surface area contributed by atoms with Gasteiger partial charge < -0.3 is 28.4 Å². The monoisotopic (exact) mass is 692 g/mol. The maximum Gasteiger partial charge on any atom is 0.338 e. The number of hydrogen-bond donors (Lipinski definition) is 0. The normalized spacial score (nSPS) is 15.4. The van der Waals surface area contributed by atoms with Crippen molar-refractivity contribution in [1.29, 1.82) is 0 Å². The molecule has 0 spiro atoms. The summed E-state index contributed by atoms with van der Waals surface area (Å²) in [4.78, 5) is 32.4. The number of carbonyl (C=O) groups excluding carboxylic acids is 1. The molecular formula is C33H29BrN2O8S. The number of esters is 1. The van der Waals surface area contributed by atoms with E-state index >= 15 is 0 Å². The number of fused-ring (bicyclic) bond motifs is 2. The van der Waals surface area contributed by atoms with Crippen molar-refractivity contribution in [1.82, 2.24) is 4.57 Å². The number of hydrogen-bond acceptors (Lipinski definition) is 10. The summed E-state index contributed by atoms with van der Waals surface area (Å²) in [6.45, 7) is 4.24. The first kappa shape index (κ1) is 30.5. The van der Waals surface area contributed by atoms with E-state index in [2.05, 4.69) is 20.9 Å². The van der Waals surface area contributed by atoms with E-state index in [1.165, 1.54) is 23.0 Å². The fourth-order valence-electron chi connectivity index (χ4n) is 5.17. The Morgan fingerprint density at radius 3 is 2.53 bits per heavy atom. The standard InChI is InChI=1S/C33H29BrN2O8S/c1-5-41-32(38)29-18(2)35-33-36(30(29)22-14-25(39-3)26(40-4)15-23(22)34)31(37)28(45-33)13-19-6-9-21(10-7-19)42-16-20-8-11-24-27(12-20)44-17-43-24/h6-15,30H,5,16-17H2,1-4H3/b28-13-/t30-/m1/s1. The number of carbonyl (C=O) groups is 1. The summed E-state index contributed by atoms with van der Waals surface area (Å²) in [5, 5.41) is 0. The highest BCUT2D eigenvalue weighted by Gasteiger charge is 2.35. The van der Waals surface area contributed by atoms with Crippen LogP contribution in [-0.4, -0.2) is 38.2 Å². The molecule has 45 heavy (non-hydrogen) atoms. The largest absolute Gasteiger partial charge is 0.493 e. The highest BCUT2D eigenvalue weighted by Crippen LogP contribution is 2.41. The molecule has 0 fully saturated rings. The molecule has 0 saturated heterocycles. The summed E-state index contributed by atoms with van der Waals surface area (Å²) >= 11 is 4.87. The Hall–Kier alpha value is -4.55. The molecule has 1 aromatic heterocycles. The van der Waals surface area contributed by atoms with Gasteiger partial charge in [0.25, 0.3) is 5.56 Å². The van der Waals surface area contributed by atoms with Crippen molar-refractivity contribution >= 4 is 39.3 Å². The Morgan fingerprint density at radius 1 is 1.07 bits per heavy atom. The van der Waals surface area contributed by atoms with Crippen LogP contribution in [-0.2, 0) is 16.1 Å². The summed E-state index contributed by atoms with van der Waals surface area (Å²) in [5.41, 5.74) is 2.84. The summed E-state index contributed by atoms with van der Waals surface area (Å²) in [6.07, 6.45) is 1.80. The van der Waals surface area contributed by atoms with Gasteiger partial charge in [0, 0.05) is 4.47 Å². The zero-order valence-corrected chi connectivity index (χ0v) is 27.3. The molecule has 3 heterocycles. The van der Waals surface area contributed by atoms with Crippen molar-refractivity contribution in [3.05, 3.63) is 107 Å². The van der Waals surface area contributed by atoms with Crippen LogP contribution in [0.1, 0.15) is 36.6 Å². The van der Waals surface area contributed by atoms with Crippen molar-refractivity contribution < 1.29 is 33.2 Å². The zero-order valence-electron chi connectivity index (χ0n) is 24.9. The highest BCUT2D eigenvalue weighted by molar-refractivity contribution is 9.10. The second kappa shape index (κ2) is 12.8. The molecule has 2 aliphatic heterocycles. The van der Waals surface area contributed by atoms with Gasteiger partial charge in [-0.25, -0.2) is 9.79 Å². The average molecular weight is 694 g/mol. The lowest BCUT2D eigenvalue weighted by Gasteiger charge is -2.26. The van der Waals surface area contributed by atoms with Crippen molar-refractivity contribution in [3.63, 3.8) is 0 Å². The second-order valence-corrected chi connectivity index (χ2v) is 11.9. The zero-order chi connectivity index (χ0) is 31.7. The molecule has 0 amide bonds. The van der Waals surface area contributed by atoms with Crippen LogP contribution in [0, 0.1) is 0 Å². The number of nitrogens with zero attached hydrogens (tertiary/aromatic N) is 2. The number of allylic oxidation sites excluding steroid dienone is 1. The fraction of sp³-hybridized carbons (Fsp3) is 0.242. The van der Waals surface area contributed by atoms with Crippen LogP contribution in [0.4, 0.5) is 0 Å². The van der Waals surface area contributed by atoms with Gasteiger partial charge >= 0.3 is 5.97 Å². The van der Waals surface area contributed by atoms with Crippen molar-refractivity contribution in [2.24, 2.45) is 4.99 Å². The SMILES string of the molecule is CCOC(=O)C1=C(C)N=c2s/c(=C\c3ccc(OCc4ccc5c(c4)OCO5)cc3)c(=O)n2[C@@H]1c1cc(OC)c(OC)cc1Br. The molecule has 232 valence electrons. The molecule has 0 saturated carbocycles. The lowest BCUT2D eigenvalue weighted by atomic mass is 9.95. The molecule has 12 heteroatoms. The third-order valence-corrected chi connectivity index (χ3v) is 9.00. The third kappa shape index (κ3) is 5.95. The molecule has 4 aromatic rings. The summed E-state index contributed by atoms with van der Waals surface area (Å²) in [6, 6.07) is 15.8. The Balaban J connectivity index is 1.34. The van der Waals surface area contributed by atoms with E-state index < -0.39 is 12.0 Å². The second-order valence-electron chi connectivity index (χ2n) is 10.1. The predicted octanol–water partition coefficient (Wildman–Crippen LogP) is 4.89. The first-order chi connectivity index (χ1) is 21.8. The number of halogens is 1. The maximum atomic E-state index is 14.0. The van der Waals surface area contributed by atoms with E-state index in [4.69, 9.17) is 28.4 Å². The van der Waals surface area contributed by atoms with Gasteiger partial charge in [-0.3, -0.25) is 9.36 Å². The molecule has 10 nitrogen and oxygen atoms in total. The van der Waals surface area contributed by atoms with Gasteiger partial charge in [-0.05, 0) is 73.0 Å². The Bertz CT molecular complexity index is 2000. The van der Waals surface area contributed by atoms with Gasteiger partial charge in [-0.1, -0.05) is 45.5 Å². The molecule has 0 bridgehead atoms. The Labute approximate surface area is 270 Å². The van der Waals surface area contributed by atoms with Crippen molar-refractivity contribution in [2.45, 2.75) is 26.5 Å². The van der Waals surface area contributed by atoms with Crippen molar-refractivity contribution in [3.8, 4) is 28.7 Å². The molecule has 3 aromatic carbocycles. The molecule has 2 aliphatic rings. The highest BCUT2D eigenvalue weighted by atomic mass is 79.9. The number of rotatable bonds is 9. The minimum Gasteiger partial charge on any atom is -0.493 e. The topological polar surface area (TPSA) is 107 Å². The molecule has 6 rings (SSSR count). The first-order valence-electron chi connectivity index (χ1n) is 14.0. The minimum absolute atomic E-state index is 0.177. The lowest BCUT2D eigenvalue weighted by Crippen LogP contribution is -2.40. The van der Waals surface area contributed by atoms with E-state index in [1.54, 1.807) is 39.2 Å².